The molecular formula is C14H18N4S2. The van der Waals surface area contributed by atoms with E-state index >= 15 is 0 Å². The van der Waals surface area contributed by atoms with Crippen LogP contribution in [0.2, 0.25) is 0 Å². The van der Waals surface area contributed by atoms with Gasteiger partial charge in [-0.3, -0.25) is 5.10 Å². The van der Waals surface area contributed by atoms with Crippen molar-refractivity contribution < 1.29 is 0 Å². The Bertz CT molecular complexity index is 659. The topological polar surface area (TPSA) is 46.0 Å². The van der Waals surface area contributed by atoms with E-state index in [1.165, 1.54) is 37.0 Å². The van der Waals surface area contributed by atoms with Crippen molar-refractivity contribution in [2.45, 2.75) is 44.9 Å². The van der Waals surface area contributed by atoms with E-state index in [1.807, 2.05) is 6.21 Å². The Morgan fingerprint density at radius 1 is 1.40 bits per heavy atom. The van der Waals surface area contributed by atoms with Crippen molar-refractivity contribution in [1.29, 1.82) is 0 Å². The fourth-order valence-corrected chi connectivity index (χ4v) is 3.61. The maximum absolute atomic E-state index is 5.30. The minimum atomic E-state index is 0.485. The number of hydrogen-bond donors (Lipinski definition) is 1. The predicted molar refractivity (Wildman–Crippen MR) is 85.3 cm³/mol. The number of hydrogen-bond acceptors (Lipinski definition) is 4. The van der Waals surface area contributed by atoms with Crippen LogP contribution in [0.25, 0.3) is 0 Å². The Kier molecular flexibility index (Phi) is 4.12. The van der Waals surface area contributed by atoms with E-state index in [0.29, 0.717) is 10.7 Å². The molecule has 0 saturated heterocycles. The summed E-state index contributed by atoms with van der Waals surface area (Å²) >= 11 is 7.03. The first-order chi connectivity index (χ1) is 9.74. The van der Waals surface area contributed by atoms with Crippen LogP contribution in [0.15, 0.2) is 17.2 Å². The summed E-state index contributed by atoms with van der Waals surface area (Å²) in [7, 11) is 0. The van der Waals surface area contributed by atoms with Gasteiger partial charge in [-0.25, -0.2) is 0 Å². The molecule has 0 bridgehead atoms. The second-order valence-corrected chi connectivity index (χ2v) is 6.93. The molecule has 4 nitrogen and oxygen atoms in total. The molecule has 1 fully saturated rings. The van der Waals surface area contributed by atoms with Gasteiger partial charge < -0.3 is 0 Å². The molecule has 0 aliphatic heterocycles. The highest BCUT2D eigenvalue weighted by Gasteiger charge is 2.21. The van der Waals surface area contributed by atoms with Gasteiger partial charge in [0.15, 0.2) is 5.82 Å². The molecule has 106 valence electrons. The molecule has 3 rings (SSSR count). The Hall–Kier alpha value is -1.27. The summed E-state index contributed by atoms with van der Waals surface area (Å²) in [6, 6.07) is 4.18. The first-order valence-electron chi connectivity index (χ1n) is 7.02. The minimum Gasteiger partial charge on any atom is -0.250 e. The number of aromatic nitrogens is 3. The lowest BCUT2D eigenvalue weighted by Crippen LogP contribution is -2.10. The lowest BCUT2D eigenvalue weighted by Gasteiger charge is -2.19. The Balaban J connectivity index is 1.87. The second kappa shape index (κ2) is 6.01. The summed E-state index contributed by atoms with van der Waals surface area (Å²) < 4.78 is 2.37. The van der Waals surface area contributed by atoms with E-state index in [0.717, 1.165) is 10.7 Å². The lowest BCUT2D eigenvalue weighted by molar-refractivity contribution is 0.419. The van der Waals surface area contributed by atoms with Crippen molar-refractivity contribution in [2.24, 2.45) is 5.10 Å². The molecule has 1 aliphatic carbocycles. The standard InChI is InChI=1S/C14H18N4S2/c1-10-7-8-12(20-10)9-15-18-13(16-17-14(18)19)11-5-3-2-4-6-11/h7-9,11H,2-6H2,1H3,(H,17,19)/b15-9-. The molecule has 0 atom stereocenters. The van der Waals surface area contributed by atoms with Crippen LogP contribution >= 0.6 is 23.6 Å². The van der Waals surface area contributed by atoms with Crippen LogP contribution in [0.1, 0.15) is 53.6 Å². The zero-order valence-corrected chi connectivity index (χ0v) is 13.1. The fourth-order valence-electron chi connectivity index (χ4n) is 2.68. The highest BCUT2D eigenvalue weighted by atomic mass is 32.1. The fraction of sp³-hybridized carbons (Fsp3) is 0.500. The van der Waals surface area contributed by atoms with Gasteiger partial charge >= 0.3 is 0 Å². The Morgan fingerprint density at radius 3 is 2.90 bits per heavy atom. The molecule has 2 aromatic heterocycles. The van der Waals surface area contributed by atoms with Crippen LogP contribution in [0.5, 0.6) is 0 Å². The van der Waals surface area contributed by atoms with Crippen LogP contribution in [-0.4, -0.2) is 21.1 Å². The van der Waals surface area contributed by atoms with E-state index < -0.39 is 0 Å². The number of aryl methyl sites for hydroxylation is 1. The van der Waals surface area contributed by atoms with Crippen LogP contribution in [0.3, 0.4) is 0 Å². The number of H-pyrrole nitrogens is 1. The molecular weight excluding hydrogens is 288 g/mol. The molecule has 0 spiro atoms. The molecule has 0 amide bonds. The molecule has 2 aromatic rings. The monoisotopic (exact) mass is 306 g/mol. The third kappa shape index (κ3) is 2.91. The average molecular weight is 306 g/mol. The van der Waals surface area contributed by atoms with Gasteiger partial charge in [0.2, 0.25) is 4.77 Å². The van der Waals surface area contributed by atoms with Crippen LogP contribution in [0.4, 0.5) is 0 Å². The SMILES string of the molecule is Cc1ccc(/C=N\n2c(C3CCCCC3)n[nH]c2=S)s1. The number of aromatic amines is 1. The van der Waals surface area contributed by atoms with Gasteiger partial charge in [-0.1, -0.05) is 19.3 Å². The Labute approximate surface area is 127 Å². The molecule has 6 heteroatoms. The van der Waals surface area contributed by atoms with Crippen molar-refractivity contribution in [1.82, 2.24) is 14.9 Å². The van der Waals surface area contributed by atoms with Gasteiger partial charge in [-0.2, -0.15) is 14.9 Å². The van der Waals surface area contributed by atoms with Crippen LogP contribution < -0.4 is 0 Å². The van der Waals surface area contributed by atoms with Gasteiger partial charge in [0.1, 0.15) is 0 Å². The van der Waals surface area contributed by atoms with Gasteiger partial charge in [0.05, 0.1) is 6.21 Å². The van der Waals surface area contributed by atoms with Gasteiger partial charge in [0, 0.05) is 15.7 Å². The zero-order chi connectivity index (χ0) is 13.9. The summed E-state index contributed by atoms with van der Waals surface area (Å²) in [5.74, 6) is 1.47. The number of nitrogens with one attached hydrogen (secondary N) is 1. The lowest BCUT2D eigenvalue weighted by atomic mass is 9.89. The maximum atomic E-state index is 5.30. The largest absolute Gasteiger partial charge is 0.250 e. The van der Waals surface area contributed by atoms with Gasteiger partial charge in [0.25, 0.3) is 0 Å². The summed E-state index contributed by atoms with van der Waals surface area (Å²) in [6.07, 6.45) is 8.13. The molecule has 0 radical (unpaired) electrons. The number of nitrogens with zero attached hydrogens (tertiary/aromatic N) is 3. The van der Waals surface area contributed by atoms with Crippen molar-refractivity contribution in [3.05, 3.63) is 32.5 Å². The molecule has 1 N–H and O–H groups in total. The van der Waals surface area contributed by atoms with E-state index in [1.54, 1.807) is 16.0 Å². The summed E-state index contributed by atoms with van der Waals surface area (Å²) in [6.45, 7) is 2.10. The summed E-state index contributed by atoms with van der Waals surface area (Å²) in [4.78, 5) is 2.43. The predicted octanol–water partition coefficient (Wildman–Crippen LogP) is 4.24. The summed E-state index contributed by atoms with van der Waals surface area (Å²) in [5.41, 5.74) is 0. The third-order valence-corrected chi connectivity index (χ3v) is 4.91. The molecule has 1 saturated carbocycles. The molecule has 0 unspecified atom stereocenters. The second-order valence-electron chi connectivity index (χ2n) is 5.23. The summed E-state index contributed by atoms with van der Waals surface area (Å²) in [5, 5.41) is 11.8. The first kappa shape index (κ1) is 13.7. The smallest absolute Gasteiger partial charge is 0.216 e. The van der Waals surface area contributed by atoms with Gasteiger partial charge in [-0.15, -0.1) is 11.3 Å². The quantitative estimate of drug-likeness (QED) is 0.681. The van der Waals surface area contributed by atoms with Crippen molar-refractivity contribution in [3.8, 4) is 0 Å². The zero-order valence-electron chi connectivity index (χ0n) is 11.5. The number of thiophene rings is 1. The number of rotatable bonds is 3. The Morgan fingerprint density at radius 2 is 2.20 bits per heavy atom. The highest BCUT2D eigenvalue weighted by molar-refractivity contribution is 7.71. The van der Waals surface area contributed by atoms with E-state index in [-0.39, 0.29) is 0 Å². The maximum Gasteiger partial charge on any atom is 0.216 e. The first-order valence-corrected chi connectivity index (χ1v) is 8.24. The van der Waals surface area contributed by atoms with Crippen LogP contribution in [-0.2, 0) is 0 Å². The molecule has 0 aromatic carbocycles. The normalized spacial score (nSPS) is 17.1. The highest BCUT2D eigenvalue weighted by Crippen LogP contribution is 2.31. The molecule has 2 heterocycles. The van der Waals surface area contributed by atoms with E-state index in [4.69, 9.17) is 12.2 Å². The third-order valence-electron chi connectivity index (χ3n) is 3.71. The minimum absolute atomic E-state index is 0.485. The van der Waals surface area contributed by atoms with Crippen LogP contribution in [0, 0.1) is 11.7 Å². The van der Waals surface area contributed by atoms with Crippen molar-refractivity contribution in [3.63, 3.8) is 0 Å². The molecule has 1 aliphatic rings. The van der Waals surface area contributed by atoms with Gasteiger partial charge in [-0.05, 0) is 44.1 Å². The van der Waals surface area contributed by atoms with Crippen molar-refractivity contribution in [2.75, 3.05) is 0 Å². The van der Waals surface area contributed by atoms with E-state index in [2.05, 4.69) is 34.4 Å². The van der Waals surface area contributed by atoms with E-state index in [9.17, 15) is 0 Å². The van der Waals surface area contributed by atoms with Crippen molar-refractivity contribution >= 4 is 29.8 Å². The average Bonchev–Trinajstić information content (AvgIpc) is 3.04. The molecule has 20 heavy (non-hydrogen) atoms.